The monoisotopic (exact) mass is 556 g/mol. The van der Waals surface area contributed by atoms with Gasteiger partial charge >= 0.3 is 11.9 Å². The van der Waals surface area contributed by atoms with E-state index in [-0.39, 0.29) is 18.9 Å². The van der Waals surface area contributed by atoms with Gasteiger partial charge in [-0.05, 0) is 24.7 Å². The van der Waals surface area contributed by atoms with E-state index >= 15 is 0 Å². The summed E-state index contributed by atoms with van der Waals surface area (Å²) in [4.78, 5) is 87.0. The third-order valence-electron chi connectivity index (χ3n) is 6.66. The number of carboxylic acids is 2. The standard InChI is InChI=1S/C24H40N6O9/c1-5-12(4)18(26)21(35)27-13(10-17(32)33)23(37)30-8-6-7-15(30)20(34)29-19(11(2)3)22(36)28-14(24(38)39)9-16(25)31/h11-15,18-19H,5-10,26H2,1-4H3,(H2,25,31)(H,27,35)(H,28,36)(H,29,34)(H,32,33)(H,38,39)/t12-,13-,14-,15-,18-,19-/m0/s1. The van der Waals surface area contributed by atoms with E-state index in [1.54, 1.807) is 20.8 Å². The summed E-state index contributed by atoms with van der Waals surface area (Å²) in [6.07, 6.45) is -0.176. The van der Waals surface area contributed by atoms with Crippen LogP contribution in [0.1, 0.15) is 59.8 Å². The topological polar surface area (TPSA) is 251 Å². The molecule has 39 heavy (non-hydrogen) atoms. The Kier molecular flexibility index (Phi) is 12.8. The van der Waals surface area contributed by atoms with E-state index in [0.29, 0.717) is 12.8 Å². The lowest BCUT2D eigenvalue weighted by atomic mass is 9.99. The van der Waals surface area contributed by atoms with Gasteiger partial charge in [0, 0.05) is 6.54 Å². The van der Waals surface area contributed by atoms with Crippen molar-refractivity contribution in [3.63, 3.8) is 0 Å². The highest BCUT2D eigenvalue weighted by Crippen LogP contribution is 2.20. The fourth-order valence-corrected chi connectivity index (χ4v) is 4.11. The second-order valence-corrected chi connectivity index (χ2v) is 10.1. The van der Waals surface area contributed by atoms with E-state index in [9.17, 15) is 43.8 Å². The molecule has 0 bridgehead atoms. The smallest absolute Gasteiger partial charge is 0.326 e. The maximum atomic E-state index is 13.3. The molecule has 1 aliphatic rings. The molecule has 0 aromatic rings. The quantitative estimate of drug-likeness (QED) is 0.116. The highest BCUT2D eigenvalue weighted by Gasteiger charge is 2.40. The number of rotatable bonds is 15. The van der Waals surface area contributed by atoms with Crippen molar-refractivity contribution < 1.29 is 43.8 Å². The van der Waals surface area contributed by atoms with Gasteiger partial charge in [0.05, 0.1) is 18.9 Å². The summed E-state index contributed by atoms with van der Waals surface area (Å²) in [6.45, 7) is 6.89. The van der Waals surface area contributed by atoms with Crippen molar-refractivity contribution in [3.8, 4) is 0 Å². The van der Waals surface area contributed by atoms with Crippen molar-refractivity contribution in [1.29, 1.82) is 0 Å². The number of likely N-dealkylation sites (tertiary alicyclic amines) is 1. The first-order valence-corrected chi connectivity index (χ1v) is 12.8. The van der Waals surface area contributed by atoms with Gasteiger partial charge in [-0.15, -0.1) is 0 Å². The minimum absolute atomic E-state index is 0.110. The molecule has 1 rings (SSSR count). The van der Waals surface area contributed by atoms with E-state index < -0.39 is 90.4 Å². The maximum Gasteiger partial charge on any atom is 0.326 e. The molecular weight excluding hydrogens is 516 g/mol. The Morgan fingerprint density at radius 2 is 1.51 bits per heavy atom. The Balaban J connectivity index is 3.06. The second-order valence-electron chi connectivity index (χ2n) is 10.1. The van der Waals surface area contributed by atoms with Gasteiger partial charge in [-0.25, -0.2) is 4.79 Å². The zero-order valence-corrected chi connectivity index (χ0v) is 22.6. The fourth-order valence-electron chi connectivity index (χ4n) is 4.11. The van der Waals surface area contributed by atoms with E-state index in [1.165, 1.54) is 0 Å². The molecule has 5 amide bonds. The van der Waals surface area contributed by atoms with Crippen LogP contribution >= 0.6 is 0 Å². The van der Waals surface area contributed by atoms with Crippen LogP contribution in [-0.4, -0.2) is 93.3 Å². The molecule has 0 aromatic carbocycles. The van der Waals surface area contributed by atoms with Gasteiger partial charge in [-0.2, -0.15) is 0 Å². The third kappa shape index (κ3) is 9.81. The van der Waals surface area contributed by atoms with E-state index in [2.05, 4.69) is 16.0 Å². The van der Waals surface area contributed by atoms with Crippen LogP contribution in [0.15, 0.2) is 0 Å². The third-order valence-corrected chi connectivity index (χ3v) is 6.66. The van der Waals surface area contributed by atoms with Crippen molar-refractivity contribution >= 4 is 41.5 Å². The summed E-state index contributed by atoms with van der Waals surface area (Å²) in [5.74, 6) is -7.55. The number of aliphatic carboxylic acids is 2. The Morgan fingerprint density at radius 1 is 0.923 bits per heavy atom. The SMILES string of the molecule is CC[C@H](C)[C@H](N)C(=O)N[C@@H](CC(=O)O)C(=O)N1CCC[C@H]1C(=O)N[C@H](C(=O)N[C@@H](CC(N)=O)C(=O)O)C(C)C. The van der Waals surface area contributed by atoms with E-state index in [0.717, 1.165) is 4.90 Å². The number of nitrogens with two attached hydrogens (primary N) is 2. The van der Waals surface area contributed by atoms with Gasteiger partial charge in [0.25, 0.3) is 0 Å². The zero-order chi connectivity index (χ0) is 30.0. The zero-order valence-electron chi connectivity index (χ0n) is 22.6. The van der Waals surface area contributed by atoms with Crippen LogP contribution in [0, 0.1) is 11.8 Å². The van der Waals surface area contributed by atoms with Gasteiger partial charge in [-0.1, -0.05) is 34.1 Å². The lowest BCUT2D eigenvalue weighted by molar-refractivity contribution is -0.146. The minimum atomic E-state index is -1.60. The van der Waals surface area contributed by atoms with Gasteiger partial charge < -0.3 is 42.5 Å². The summed E-state index contributed by atoms with van der Waals surface area (Å²) in [5, 5.41) is 25.7. The molecule has 1 saturated heterocycles. The normalized spacial score (nSPS) is 18.8. The van der Waals surface area contributed by atoms with Gasteiger partial charge in [0.2, 0.25) is 29.5 Å². The summed E-state index contributed by atoms with van der Waals surface area (Å²) in [6, 6.07) is -6.31. The first-order valence-electron chi connectivity index (χ1n) is 12.8. The number of hydrogen-bond acceptors (Lipinski definition) is 8. The molecule has 0 aliphatic carbocycles. The molecule has 9 N–H and O–H groups in total. The first kappa shape index (κ1) is 33.3. The molecule has 1 aliphatic heterocycles. The van der Waals surface area contributed by atoms with Crippen LogP contribution in [0.4, 0.5) is 0 Å². The molecule has 1 heterocycles. The number of carboxylic acid groups (broad SMARTS) is 2. The molecule has 0 radical (unpaired) electrons. The summed E-state index contributed by atoms with van der Waals surface area (Å²) in [7, 11) is 0. The molecule has 6 atom stereocenters. The summed E-state index contributed by atoms with van der Waals surface area (Å²) >= 11 is 0. The predicted octanol–water partition coefficient (Wildman–Crippen LogP) is -2.10. The van der Waals surface area contributed by atoms with Crippen LogP contribution in [0.2, 0.25) is 0 Å². The molecule has 0 saturated carbocycles. The highest BCUT2D eigenvalue weighted by atomic mass is 16.4. The van der Waals surface area contributed by atoms with Crippen LogP contribution < -0.4 is 27.4 Å². The van der Waals surface area contributed by atoms with Crippen LogP contribution in [0.3, 0.4) is 0 Å². The molecule has 0 aromatic heterocycles. The molecule has 0 spiro atoms. The number of amides is 5. The van der Waals surface area contributed by atoms with Crippen molar-refractivity contribution in [2.75, 3.05) is 6.54 Å². The minimum Gasteiger partial charge on any atom is -0.481 e. The lowest BCUT2D eigenvalue weighted by Gasteiger charge is -2.31. The Labute approximate surface area is 226 Å². The molecule has 15 nitrogen and oxygen atoms in total. The average molecular weight is 557 g/mol. The summed E-state index contributed by atoms with van der Waals surface area (Å²) in [5.41, 5.74) is 11.0. The molecule has 15 heteroatoms. The van der Waals surface area contributed by atoms with E-state index in [4.69, 9.17) is 11.5 Å². The Bertz CT molecular complexity index is 956. The number of hydrogen-bond donors (Lipinski definition) is 7. The number of carbonyl (C=O) groups is 7. The Morgan fingerprint density at radius 3 is 2.00 bits per heavy atom. The summed E-state index contributed by atoms with van der Waals surface area (Å²) < 4.78 is 0. The average Bonchev–Trinajstić information content (AvgIpc) is 3.34. The van der Waals surface area contributed by atoms with Crippen LogP contribution in [-0.2, 0) is 33.6 Å². The second kappa shape index (κ2) is 15.0. The van der Waals surface area contributed by atoms with Crippen molar-refractivity contribution in [2.24, 2.45) is 23.3 Å². The fraction of sp³-hybridized carbons (Fsp3) is 0.708. The number of nitrogens with zero attached hydrogens (tertiary/aromatic N) is 1. The van der Waals surface area contributed by atoms with Crippen LogP contribution in [0.5, 0.6) is 0 Å². The number of nitrogens with one attached hydrogen (secondary N) is 3. The maximum absolute atomic E-state index is 13.3. The van der Waals surface area contributed by atoms with Gasteiger partial charge in [0.15, 0.2) is 0 Å². The highest BCUT2D eigenvalue weighted by molar-refractivity contribution is 5.97. The van der Waals surface area contributed by atoms with Gasteiger partial charge in [0.1, 0.15) is 24.2 Å². The molecule has 0 unspecified atom stereocenters. The number of carbonyl (C=O) groups excluding carboxylic acids is 5. The predicted molar refractivity (Wildman–Crippen MR) is 136 cm³/mol. The Hall–Kier alpha value is -3.75. The first-order chi connectivity index (χ1) is 18.1. The molecular formula is C24H40N6O9. The number of primary amides is 1. The largest absolute Gasteiger partial charge is 0.481 e. The molecule has 1 fully saturated rings. The van der Waals surface area contributed by atoms with E-state index in [1.807, 2.05) is 6.92 Å². The van der Waals surface area contributed by atoms with Gasteiger partial charge in [-0.3, -0.25) is 28.8 Å². The molecule has 220 valence electrons. The lowest BCUT2D eigenvalue weighted by Crippen LogP contribution is -2.59. The van der Waals surface area contributed by atoms with Crippen molar-refractivity contribution in [2.45, 2.75) is 90.0 Å². The van der Waals surface area contributed by atoms with Crippen molar-refractivity contribution in [1.82, 2.24) is 20.9 Å². The van der Waals surface area contributed by atoms with Crippen molar-refractivity contribution in [3.05, 3.63) is 0 Å². The van der Waals surface area contributed by atoms with Crippen LogP contribution in [0.25, 0.3) is 0 Å².